The van der Waals surface area contributed by atoms with Gasteiger partial charge in [-0.2, -0.15) is 0 Å². The molecule has 82 valence electrons. The minimum atomic E-state index is -0.800. The summed E-state index contributed by atoms with van der Waals surface area (Å²) in [6.07, 6.45) is 0. The van der Waals surface area contributed by atoms with Gasteiger partial charge in [0.25, 0.3) is 0 Å². The fourth-order valence-corrected chi connectivity index (χ4v) is 1.19. The van der Waals surface area contributed by atoms with Crippen LogP contribution in [0.25, 0.3) is 0 Å². The Bertz CT molecular complexity index is 372. The van der Waals surface area contributed by atoms with Crippen LogP contribution in [0.2, 0.25) is 5.02 Å². The summed E-state index contributed by atoms with van der Waals surface area (Å²) < 4.78 is 12.7. The quantitative estimate of drug-likeness (QED) is 0.714. The van der Waals surface area contributed by atoms with E-state index in [0.29, 0.717) is 5.69 Å². The lowest BCUT2D eigenvalue weighted by Crippen LogP contribution is -2.41. The minimum absolute atomic E-state index is 0.153. The molecule has 1 aromatic rings. The number of benzene rings is 1. The van der Waals surface area contributed by atoms with Crippen LogP contribution in [0.3, 0.4) is 0 Å². The van der Waals surface area contributed by atoms with Gasteiger partial charge in [-0.05, 0) is 18.2 Å². The fourth-order valence-electron chi connectivity index (χ4n) is 0.953. The van der Waals surface area contributed by atoms with E-state index < -0.39 is 17.8 Å². The molecule has 4 nitrogen and oxygen atoms in total. The number of primary amides is 1. The standard InChI is InChI=1S/C9H11ClFN3O/c10-6-3-5(11)1-2-8(6)14-4-7(12)9(13)15/h1-3,7,14H,4,12H2,(H2,13,15). The summed E-state index contributed by atoms with van der Waals surface area (Å²) in [5, 5.41) is 3.03. The maximum atomic E-state index is 12.7. The molecule has 0 saturated carbocycles. The van der Waals surface area contributed by atoms with Crippen molar-refractivity contribution in [1.82, 2.24) is 0 Å². The summed E-state index contributed by atoms with van der Waals surface area (Å²) in [4.78, 5) is 10.6. The van der Waals surface area contributed by atoms with Gasteiger partial charge in [0.15, 0.2) is 0 Å². The van der Waals surface area contributed by atoms with Gasteiger partial charge in [-0.1, -0.05) is 11.6 Å². The van der Waals surface area contributed by atoms with Crippen molar-refractivity contribution in [3.8, 4) is 0 Å². The van der Waals surface area contributed by atoms with Gasteiger partial charge in [-0.25, -0.2) is 4.39 Å². The number of hydrogen-bond acceptors (Lipinski definition) is 3. The molecule has 0 spiro atoms. The number of hydrogen-bond donors (Lipinski definition) is 3. The Hall–Kier alpha value is -1.33. The number of nitrogens with one attached hydrogen (secondary N) is 1. The van der Waals surface area contributed by atoms with Gasteiger partial charge in [-0.3, -0.25) is 4.79 Å². The Balaban J connectivity index is 2.62. The number of carbonyl (C=O) groups excluding carboxylic acids is 1. The molecule has 0 fully saturated rings. The van der Waals surface area contributed by atoms with Crippen LogP contribution in [0.5, 0.6) is 0 Å². The van der Waals surface area contributed by atoms with E-state index in [0.717, 1.165) is 0 Å². The normalized spacial score (nSPS) is 12.2. The van der Waals surface area contributed by atoms with E-state index in [1.165, 1.54) is 18.2 Å². The highest BCUT2D eigenvalue weighted by molar-refractivity contribution is 6.33. The van der Waals surface area contributed by atoms with Crippen molar-refractivity contribution in [1.29, 1.82) is 0 Å². The fraction of sp³-hybridized carbons (Fsp3) is 0.222. The molecule has 0 radical (unpaired) electrons. The number of halogens is 2. The average molecular weight is 232 g/mol. The van der Waals surface area contributed by atoms with Gasteiger partial charge in [0.05, 0.1) is 10.7 Å². The van der Waals surface area contributed by atoms with E-state index in [4.69, 9.17) is 23.1 Å². The highest BCUT2D eigenvalue weighted by Gasteiger charge is 2.09. The zero-order valence-electron chi connectivity index (χ0n) is 7.84. The number of anilines is 1. The molecule has 0 bridgehead atoms. The van der Waals surface area contributed by atoms with Crippen molar-refractivity contribution >= 4 is 23.2 Å². The molecule has 6 heteroatoms. The van der Waals surface area contributed by atoms with Gasteiger partial charge in [0, 0.05) is 6.54 Å². The first-order valence-corrected chi connectivity index (χ1v) is 4.62. The molecule has 0 saturated heterocycles. The first-order valence-electron chi connectivity index (χ1n) is 4.24. The monoisotopic (exact) mass is 231 g/mol. The average Bonchev–Trinajstić information content (AvgIpc) is 2.15. The molecule has 0 heterocycles. The Morgan fingerprint density at radius 3 is 2.80 bits per heavy atom. The molecule has 0 aliphatic rings. The number of amides is 1. The maximum Gasteiger partial charge on any atom is 0.236 e. The van der Waals surface area contributed by atoms with Crippen molar-refractivity contribution in [2.45, 2.75) is 6.04 Å². The summed E-state index contributed by atoms with van der Waals surface area (Å²) in [6, 6.07) is 3.08. The predicted molar refractivity (Wildman–Crippen MR) is 57.1 cm³/mol. The summed E-state index contributed by atoms with van der Waals surface area (Å²) in [7, 11) is 0. The van der Waals surface area contributed by atoms with Crippen LogP contribution in [0, 0.1) is 5.82 Å². The number of rotatable bonds is 4. The SMILES string of the molecule is NC(=O)C(N)CNc1ccc(F)cc1Cl. The molecule has 1 atom stereocenters. The molecule has 1 aromatic carbocycles. The maximum absolute atomic E-state index is 12.7. The molecule has 0 aliphatic heterocycles. The van der Waals surface area contributed by atoms with Crippen molar-refractivity contribution in [3.05, 3.63) is 29.0 Å². The van der Waals surface area contributed by atoms with E-state index in [-0.39, 0.29) is 11.6 Å². The molecule has 1 amide bonds. The summed E-state index contributed by atoms with van der Waals surface area (Å²) in [5.41, 5.74) is 10.9. The van der Waals surface area contributed by atoms with Crippen LogP contribution < -0.4 is 16.8 Å². The van der Waals surface area contributed by atoms with Crippen LogP contribution in [0.4, 0.5) is 10.1 Å². The smallest absolute Gasteiger partial charge is 0.236 e. The van der Waals surface area contributed by atoms with E-state index >= 15 is 0 Å². The number of nitrogens with two attached hydrogens (primary N) is 2. The lowest BCUT2D eigenvalue weighted by molar-refractivity contribution is -0.118. The third kappa shape index (κ3) is 3.38. The van der Waals surface area contributed by atoms with Gasteiger partial charge < -0.3 is 16.8 Å². The lowest BCUT2D eigenvalue weighted by Gasteiger charge is -2.11. The van der Waals surface area contributed by atoms with Crippen LogP contribution in [-0.4, -0.2) is 18.5 Å². The van der Waals surface area contributed by atoms with Crippen molar-refractivity contribution in [2.75, 3.05) is 11.9 Å². The molecular weight excluding hydrogens is 221 g/mol. The molecule has 15 heavy (non-hydrogen) atoms. The van der Waals surface area contributed by atoms with E-state index in [2.05, 4.69) is 5.32 Å². The Morgan fingerprint density at radius 2 is 2.27 bits per heavy atom. The number of carbonyl (C=O) groups is 1. The van der Waals surface area contributed by atoms with Crippen molar-refractivity contribution in [3.63, 3.8) is 0 Å². The lowest BCUT2D eigenvalue weighted by atomic mass is 10.2. The predicted octanol–water partition coefficient (Wildman–Crippen LogP) is 0.704. The first kappa shape index (κ1) is 11.7. The second kappa shape index (κ2) is 4.95. The third-order valence-electron chi connectivity index (χ3n) is 1.81. The van der Waals surface area contributed by atoms with Gasteiger partial charge >= 0.3 is 0 Å². The third-order valence-corrected chi connectivity index (χ3v) is 2.12. The Labute approximate surface area is 91.4 Å². The summed E-state index contributed by atoms with van der Waals surface area (Å²) in [6.45, 7) is 0.153. The Kier molecular flexibility index (Phi) is 3.88. The highest BCUT2D eigenvalue weighted by atomic mass is 35.5. The highest BCUT2D eigenvalue weighted by Crippen LogP contribution is 2.21. The minimum Gasteiger partial charge on any atom is -0.382 e. The molecule has 5 N–H and O–H groups in total. The summed E-state index contributed by atoms with van der Waals surface area (Å²) >= 11 is 5.73. The van der Waals surface area contributed by atoms with Gasteiger partial charge in [0.1, 0.15) is 11.9 Å². The molecular formula is C9H11ClFN3O. The van der Waals surface area contributed by atoms with Gasteiger partial charge in [-0.15, -0.1) is 0 Å². The van der Waals surface area contributed by atoms with Gasteiger partial charge in [0.2, 0.25) is 5.91 Å². The zero-order valence-corrected chi connectivity index (χ0v) is 8.59. The van der Waals surface area contributed by atoms with Crippen molar-refractivity contribution in [2.24, 2.45) is 11.5 Å². The zero-order chi connectivity index (χ0) is 11.4. The van der Waals surface area contributed by atoms with E-state index in [9.17, 15) is 9.18 Å². The first-order chi connectivity index (χ1) is 7.00. The second-order valence-electron chi connectivity index (χ2n) is 3.01. The molecule has 0 aromatic heterocycles. The Morgan fingerprint density at radius 1 is 1.60 bits per heavy atom. The van der Waals surface area contributed by atoms with Crippen LogP contribution in [-0.2, 0) is 4.79 Å². The molecule has 0 aliphatic carbocycles. The van der Waals surface area contributed by atoms with Crippen LogP contribution >= 0.6 is 11.6 Å². The molecule has 1 unspecified atom stereocenters. The van der Waals surface area contributed by atoms with E-state index in [1.54, 1.807) is 0 Å². The van der Waals surface area contributed by atoms with E-state index in [1.807, 2.05) is 0 Å². The second-order valence-corrected chi connectivity index (χ2v) is 3.42. The summed E-state index contributed by atoms with van der Waals surface area (Å²) in [5.74, 6) is -1.04. The largest absolute Gasteiger partial charge is 0.382 e. The van der Waals surface area contributed by atoms with Crippen molar-refractivity contribution < 1.29 is 9.18 Å². The molecule has 1 rings (SSSR count). The van der Waals surface area contributed by atoms with Crippen LogP contribution in [0.15, 0.2) is 18.2 Å². The van der Waals surface area contributed by atoms with Crippen LogP contribution in [0.1, 0.15) is 0 Å². The topological polar surface area (TPSA) is 81.1 Å².